The Labute approximate surface area is 119 Å². The Balaban J connectivity index is 2.07. The van der Waals surface area contributed by atoms with E-state index in [-0.39, 0.29) is 0 Å². The largest absolute Gasteiger partial charge is 0.377 e. The molecule has 1 saturated heterocycles. The van der Waals surface area contributed by atoms with E-state index in [1.165, 1.54) is 11.1 Å². The number of pyridine rings is 1. The summed E-state index contributed by atoms with van der Waals surface area (Å²) in [6.45, 7) is 5.48. The van der Waals surface area contributed by atoms with E-state index < -0.39 is 0 Å². The Morgan fingerprint density at radius 1 is 1.40 bits per heavy atom. The second-order valence-electron chi connectivity index (χ2n) is 5.28. The molecule has 1 aliphatic rings. The standard InChI is InChI=1S/C16H21N3O/c1-12-9-16(14-5-3-4-6-15(14)18-12)19-7-8-20-11-13(19)10-17-2/h3-6,9,13,17H,7-8,10-11H2,1-2H3. The molecule has 1 atom stereocenters. The number of aryl methyl sites for hydroxylation is 1. The van der Waals surface area contributed by atoms with Crippen LogP contribution in [0.25, 0.3) is 10.9 Å². The molecule has 2 aromatic rings. The molecule has 1 unspecified atom stereocenters. The van der Waals surface area contributed by atoms with Gasteiger partial charge in [-0.05, 0) is 26.1 Å². The van der Waals surface area contributed by atoms with Gasteiger partial charge in [-0.25, -0.2) is 0 Å². The normalized spacial score (nSPS) is 19.5. The van der Waals surface area contributed by atoms with Gasteiger partial charge in [0, 0.05) is 29.9 Å². The third kappa shape index (κ3) is 2.49. The van der Waals surface area contributed by atoms with Gasteiger partial charge >= 0.3 is 0 Å². The molecule has 1 N–H and O–H groups in total. The van der Waals surface area contributed by atoms with Crippen LogP contribution in [0.1, 0.15) is 5.69 Å². The van der Waals surface area contributed by atoms with E-state index >= 15 is 0 Å². The molecular formula is C16H21N3O. The molecule has 106 valence electrons. The van der Waals surface area contributed by atoms with Gasteiger partial charge in [-0.15, -0.1) is 0 Å². The lowest BCUT2D eigenvalue weighted by molar-refractivity contribution is 0.0945. The molecule has 20 heavy (non-hydrogen) atoms. The third-order valence-electron chi connectivity index (χ3n) is 3.80. The summed E-state index contributed by atoms with van der Waals surface area (Å²) >= 11 is 0. The van der Waals surface area contributed by atoms with Crippen molar-refractivity contribution in [3.8, 4) is 0 Å². The summed E-state index contributed by atoms with van der Waals surface area (Å²) in [5.41, 5.74) is 3.40. The SMILES string of the molecule is CNCC1COCCN1c1cc(C)nc2ccccc12. The zero-order valence-corrected chi connectivity index (χ0v) is 12.1. The number of rotatable bonds is 3. The topological polar surface area (TPSA) is 37.4 Å². The van der Waals surface area contributed by atoms with Gasteiger partial charge in [0.1, 0.15) is 0 Å². The van der Waals surface area contributed by atoms with E-state index in [9.17, 15) is 0 Å². The van der Waals surface area contributed by atoms with Crippen LogP contribution in [0.2, 0.25) is 0 Å². The van der Waals surface area contributed by atoms with Crippen molar-refractivity contribution in [1.29, 1.82) is 0 Å². The Bertz CT molecular complexity index is 597. The first-order valence-electron chi connectivity index (χ1n) is 7.15. The molecule has 1 aliphatic heterocycles. The van der Waals surface area contributed by atoms with Crippen LogP contribution in [0.15, 0.2) is 30.3 Å². The highest BCUT2D eigenvalue weighted by atomic mass is 16.5. The zero-order chi connectivity index (χ0) is 13.9. The quantitative estimate of drug-likeness (QED) is 0.926. The van der Waals surface area contributed by atoms with E-state index in [1.807, 2.05) is 13.1 Å². The third-order valence-corrected chi connectivity index (χ3v) is 3.80. The van der Waals surface area contributed by atoms with E-state index in [4.69, 9.17) is 4.74 Å². The van der Waals surface area contributed by atoms with Crippen molar-refractivity contribution in [3.05, 3.63) is 36.0 Å². The second kappa shape index (κ2) is 5.77. The van der Waals surface area contributed by atoms with Crippen molar-refractivity contribution in [2.75, 3.05) is 38.3 Å². The van der Waals surface area contributed by atoms with E-state index in [0.717, 1.165) is 37.5 Å². The average molecular weight is 271 g/mol. The van der Waals surface area contributed by atoms with Crippen molar-refractivity contribution in [1.82, 2.24) is 10.3 Å². The van der Waals surface area contributed by atoms with Crippen LogP contribution in [0.4, 0.5) is 5.69 Å². The number of morpholine rings is 1. The maximum absolute atomic E-state index is 5.63. The first kappa shape index (κ1) is 13.3. The van der Waals surface area contributed by atoms with Crippen LogP contribution in [0, 0.1) is 6.92 Å². The summed E-state index contributed by atoms with van der Waals surface area (Å²) in [5, 5.41) is 4.49. The molecule has 4 nitrogen and oxygen atoms in total. The van der Waals surface area contributed by atoms with Gasteiger partial charge in [0.25, 0.3) is 0 Å². The predicted molar refractivity (Wildman–Crippen MR) is 82.4 cm³/mol. The lowest BCUT2D eigenvalue weighted by Gasteiger charge is -2.38. The average Bonchev–Trinajstić information content (AvgIpc) is 2.47. The number of nitrogens with one attached hydrogen (secondary N) is 1. The number of likely N-dealkylation sites (N-methyl/N-ethyl adjacent to an activating group) is 1. The lowest BCUT2D eigenvalue weighted by Crippen LogP contribution is -2.50. The molecule has 0 amide bonds. The van der Waals surface area contributed by atoms with Crippen molar-refractivity contribution in [2.45, 2.75) is 13.0 Å². The molecule has 0 bridgehead atoms. The number of para-hydroxylation sites is 1. The highest BCUT2D eigenvalue weighted by molar-refractivity contribution is 5.92. The minimum absolute atomic E-state index is 0.374. The Kier molecular flexibility index (Phi) is 3.85. The summed E-state index contributed by atoms with van der Waals surface area (Å²) in [6.07, 6.45) is 0. The van der Waals surface area contributed by atoms with E-state index in [1.54, 1.807) is 0 Å². The number of hydrogen-bond donors (Lipinski definition) is 1. The highest BCUT2D eigenvalue weighted by Crippen LogP contribution is 2.29. The van der Waals surface area contributed by atoms with Gasteiger partial charge in [-0.3, -0.25) is 4.98 Å². The summed E-state index contributed by atoms with van der Waals surface area (Å²) in [4.78, 5) is 7.08. The Morgan fingerprint density at radius 2 is 2.25 bits per heavy atom. The number of ether oxygens (including phenoxy) is 1. The van der Waals surface area contributed by atoms with Crippen molar-refractivity contribution in [3.63, 3.8) is 0 Å². The van der Waals surface area contributed by atoms with Crippen LogP contribution in [0.5, 0.6) is 0 Å². The van der Waals surface area contributed by atoms with E-state index in [0.29, 0.717) is 6.04 Å². The minimum Gasteiger partial charge on any atom is -0.377 e. The second-order valence-corrected chi connectivity index (χ2v) is 5.28. The predicted octanol–water partition coefficient (Wildman–Crippen LogP) is 1.97. The van der Waals surface area contributed by atoms with Crippen LogP contribution in [-0.4, -0.2) is 44.4 Å². The fraction of sp³-hybridized carbons (Fsp3) is 0.438. The number of aromatic nitrogens is 1. The molecule has 0 radical (unpaired) electrons. The number of benzene rings is 1. The molecule has 1 aromatic carbocycles. The minimum atomic E-state index is 0.374. The molecule has 2 heterocycles. The van der Waals surface area contributed by atoms with Crippen LogP contribution < -0.4 is 10.2 Å². The molecular weight excluding hydrogens is 250 g/mol. The summed E-state index contributed by atoms with van der Waals surface area (Å²) in [5.74, 6) is 0. The first-order chi connectivity index (χ1) is 9.79. The maximum Gasteiger partial charge on any atom is 0.0726 e. The van der Waals surface area contributed by atoms with Gasteiger partial charge in [0.15, 0.2) is 0 Å². The molecule has 1 aromatic heterocycles. The van der Waals surface area contributed by atoms with Crippen LogP contribution >= 0.6 is 0 Å². The van der Waals surface area contributed by atoms with E-state index in [2.05, 4.69) is 46.4 Å². The summed E-state index contributed by atoms with van der Waals surface area (Å²) in [6, 6.07) is 10.9. The number of nitrogens with zero attached hydrogens (tertiary/aromatic N) is 2. The highest BCUT2D eigenvalue weighted by Gasteiger charge is 2.24. The summed E-state index contributed by atoms with van der Waals surface area (Å²) in [7, 11) is 1.99. The molecule has 0 saturated carbocycles. The van der Waals surface area contributed by atoms with Crippen molar-refractivity contribution in [2.24, 2.45) is 0 Å². The van der Waals surface area contributed by atoms with Gasteiger partial charge in [0.2, 0.25) is 0 Å². The maximum atomic E-state index is 5.63. The Hall–Kier alpha value is -1.65. The van der Waals surface area contributed by atoms with Crippen molar-refractivity contribution < 1.29 is 4.74 Å². The van der Waals surface area contributed by atoms with Gasteiger partial charge in [-0.1, -0.05) is 18.2 Å². The molecule has 3 rings (SSSR count). The van der Waals surface area contributed by atoms with Gasteiger partial charge in [-0.2, -0.15) is 0 Å². The fourth-order valence-electron chi connectivity index (χ4n) is 2.90. The first-order valence-corrected chi connectivity index (χ1v) is 7.15. The molecule has 1 fully saturated rings. The van der Waals surface area contributed by atoms with Gasteiger partial charge < -0.3 is 15.0 Å². The van der Waals surface area contributed by atoms with Crippen LogP contribution in [0.3, 0.4) is 0 Å². The molecule has 0 aliphatic carbocycles. The number of fused-ring (bicyclic) bond motifs is 1. The Morgan fingerprint density at radius 3 is 3.10 bits per heavy atom. The monoisotopic (exact) mass is 271 g/mol. The zero-order valence-electron chi connectivity index (χ0n) is 12.1. The molecule has 4 heteroatoms. The van der Waals surface area contributed by atoms with Crippen LogP contribution in [-0.2, 0) is 4.74 Å². The number of hydrogen-bond acceptors (Lipinski definition) is 4. The smallest absolute Gasteiger partial charge is 0.0726 e. The lowest BCUT2D eigenvalue weighted by atomic mass is 10.1. The summed E-state index contributed by atoms with van der Waals surface area (Å²) < 4.78 is 5.63. The number of anilines is 1. The fourth-order valence-corrected chi connectivity index (χ4v) is 2.90. The van der Waals surface area contributed by atoms with Gasteiger partial charge in [0.05, 0.1) is 24.8 Å². The molecule has 0 spiro atoms. The van der Waals surface area contributed by atoms with Crippen molar-refractivity contribution >= 4 is 16.6 Å².